The van der Waals surface area contributed by atoms with Gasteiger partial charge in [-0.2, -0.15) is 0 Å². The summed E-state index contributed by atoms with van der Waals surface area (Å²) in [6.07, 6.45) is 110. The van der Waals surface area contributed by atoms with Crippen LogP contribution in [0.3, 0.4) is 0 Å². The predicted molar refractivity (Wildman–Crippen MR) is 439 cm³/mol. The third-order valence-electron chi connectivity index (χ3n) is 20.6. The molecule has 0 bridgehead atoms. The van der Waals surface area contributed by atoms with Gasteiger partial charge in [0.25, 0.3) is 7.82 Å². The molecule has 596 valence electrons. The van der Waals surface area contributed by atoms with Gasteiger partial charge >= 0.3 is 11.9 Å². The predicted octanol–water partition coefficient (Wildman–Crippen LogP) is 29.6. The number of hydrogen-bond donors (Lipinski definition) is 0. The number of rotatable bonds is 85. The zero-order valence-electron chi connectivity index (χ0n) is 68.4. The van der Waals surface area contributed by atoms with Gasteiger partial charge in [-0.05, 0) is 51.4 Å². The van der Waals surface area contributed by atoms with Gasteiger partial charge < -0.3 is 27.9 Å². The molecule has 0 N–H and O–H groups in total. The van der Waals surface area contributed by atoms with Crippen molar-refractivity contribution in [3.63, 3.8) is 0 Å². The van der Waals surface area contributed by atoms with Crippen molar-refractivity contribution in [2.24, 2.45) is 0 Å². The molecule has 0 aromatic rings. The van der Waals surface area contributed by atoms with E-state index in [1.807, 2.05) is 21.1 Å². The van der Waals surface area contributed by atoms with E-state index in [0.29, 0.717) is 17.4 Å². The van der Waals surface area contributed by atoms with E-state index in [-0.39, 0.29) is 32.0 Å². The fourth-order valence-corrected chi connectivity index (χ4v) is 14.6. The highest BCUT2D eigenvalue weighted by molar-refractivity contribution is 7.45. The second kappa shape index (κ2) is 82.0. The summed E-state index contributed by atoms with van der Waals surface area (Å²) < 4.78 is 34.5. The first-order chi connectivity index (χ1) is 49.5. The molecule has 2 atom stereocenters. The summed E-state index contributed by atoms with van der Waals surface area (Å²) in [4.78, 5) is 38.3. The average molecular weight is 1440 g/mol. The second-order valence-corrected chi connectivity index (χ2v) is 33.4. The number of phosphoric ester groups is 1. The smallest absolute Gasteiger partial charge is 0.306 e. The molecular formula is C91H174NO8P. The Morgan fingerprint density at radius 1 is 0.317 bits per heavy atom. The first-order valence-electron chi connectivity index (χ1n) is 44.8. The van der Waals surface area contributed by atoms with Crippen LogP contribution in [-0.2, 0) is 32.7 Å². The highest BCUT2D eigenvalue weighted by Crippen LogP contribution is 2.38. The molecule has 0 radical (unpaired) electrons. The maximum absolute atomic E-state index is 12.9. The number of hydrogen-bond acceptors (Lipinski definition) is 8. The first kappa shape index (κ1) is 99.0. The van der Waals surface area contributed by atoms with Crippen molar-refractivity contribution in [3.8, 4) is 0 Å². The van der Waals surface area contributed by atoms with E-state index in [9.17, 15) is 19.0 Å². The number of nitrogens with zero attached hydrogens (tertiary/aromatic N) is 1. The minimum Gasteiger partial charge on any atom is -0.756 e. The van der Waals surface area contributed by atoms with Crippen molar-refractivity contribution in [3.05, 3.63) is 48.6 Å². The van der Waals surface area contributed by atoms with Crippen molar-refractivity contribution in [2.45, 2.75) is 476 Å². The molecule has 0 saturated heterocycles. The van der Waals surface area contributed by atoms with Crippen LogP contribution < -0.4 is 4.89 Å². The lowest BCUT2D eigenvalue weighted by Crippen LogP contribution is -2.37. The Morgan fingerprint density at radius 2 is 0.564 bits per heavy atom. The minimum absolute atomic E-state index is 0.0266. The molecule has 0 aromatic carbocycles. The van der Waals surface area contributed by atoms with Crippen LogP contribution >= 0.6 is 7.82 Å². The molecule has 0 heterocycles. The molecule has 9 nitrogen and oxygen atoms in total. The molecule has 0 saturated carbocycles. The van der Waals surface area contributed by atoms with Crippen molar-refractivity contribution in [2.75, 3.05) is 47.5 Å². The van der Waals surface area contributed by atoms with Crippen LogP contribution in [-0.4, -0.2) is 70.0 Å². The Morgan fingerprint density at radius 3 is 0.842 bits per heavy atom. The molecule has 0 aliphatic carbocycles. The SMILES string of the molecule is CC/C=C\C/C=C\C/C=C\C/C=C\CCCCCCCCCCCCCCCCCCCCCCCCCCCCCCC(=O)OC(COC(=O)CCCCCCCCCCCCCCCCCCCCCCCCCCCCCCCCCCCCCC)COP(=O)([O-])OCC[N+](C)(C)C. The van der Waals surface area contributed by atoms with E-state index >= 15 is 0 Å². The summed E-state index contributed by atoms with van der Waals surface area (Å²) in [6.45, 7) is 4.22. The number of unbranched alkanes of at least 4 members (excludes halogenated alkanes) is 63. The van der Waals surface area contributed by atoms with Crippen LogP contribution in [0.15, 0.2) is 48.6 Å². The Kier molecular flexibility index (Phi) is 80.4. The molecule has 0 amide bonds. The molecule has 0 rings (SSSR count). The van der Waals surface area contributed by atoms with Gasteiger partial charge in [-0.1, -0.05) is 454 Å². The standard InChI is InChI=1S/C91H174NO8P/c1-6-8-10-12-14-16-18-20-22-24-26-28-30-32-34-36-38-40-42-44-45-46-47-48-50-52-54-56-58-60-62-64-66-68-70-72-74-76-78-80-82-84-91(94)100-89(88-99-101(95,96)98-86-85-92(3,4)5)87-97-90(93)83-81-79-77-75-73-71-69-67-65-63-61-59-57-55-53-51-49-43-41-39-37-35-33-31-29-27-25-23-21-19-17-15-13-11-9-7-2/h8,10,14,16,20,22,26,28,89H,6-7,9,11-13,15,17-19,21,23-25,27,29-88H2,1-5H3/b10-8-,16-14-,22-20-,28-26-. The molecule has 0 aliphatic heterocycles. The summed E-state index contributed by atoms with van der Waals surface area (Å²) >= 11 is 0. The summed E-state index contributed by atoms with van der Waals surface area (Å²) in [5.41, 5.74) is 0. The lowest BCUT2D eigenvalue weighted by molar-refractivity contribution is -0.870. The molecule has 0 fully saturated rings. The fraction of sp³-hybridized carbons (Fsp3) is 0.890. The lowest BCUT2D eigenvalue weighted by Gasteiger charge is -2.28. The quantitative estimate of drug-likeness (QED) is 0.0195. The van der Waals surface area contributed by atoms with Crippen LogP contribution in [0, 0.1) is 0 Å². The third kappa shape index (κ3) is 86.8. The number of ether oxygens (including phenoxy) is 2. The van der Waals surface area contributed by atoms with Crippen LogP contribution in [0.5, 0.6) is 0 Å². The van der Waals surface area contributed by atoms with Crippen LogP contribution in [0.1, 0.15) is 470 Å². The zero-order chi connectivity index (χ0) is 73.3. The van der Waals surface area contributed by atoms with E-state index in [4.69, 9.17) is 18.5 Å². The minimum atomic E-state index is -4.64. The largest absolute Gasteiger partial charge is 0.756 e. The molecular weight excluding hydrogens is 1270 g/mol. The van der Waals surface area contributed by atoms with Gasteiger partial charge in [0.05, 0.1) is 27.7 Å². The number of esters is 2. The van der Waals surface area contributed by atoms with Crippen LogP contribution in [0.25, 0.3) is 0 Å². The summed E-state index contributed by atoms with van der Waals surface area (Å²) in [7, 11) is 1.20. The van der Waals surface area contributed by atoms with Gasteiger partial charge in [-0.3, -0.25) is 14.2 Å². The monoisotopic (exact) mass is 1440 g/mol. The number of quaternary nitrogens is 1. The fourth-order valence-electron chi connectivity index (χ4n) is 13.8. The Hall–Kier alpha value is -2.03. The number of allylic oxidation sites excluding steroid dienone is 8. The maximum Gasteiger partial charge on any atom is 0.306 e. The van der Waals surface area contributed by atoms with E-state index in [1.54, 1.807) is 0 Å². The van der Waals surface area contributed by atoms with E-state index in [0.717, 1.165) is 57.8 Å². The van der Waals surface area contributed by atoms with Crippen molar-refractivity contribution >= 4 is 19.8 Å². The van der Waals surface area contributed by atoms with Gasteiger partial charge in [-0.25, -0.2) is 0 Å². The number of carbonyl (C=O) groups is 2. The maximum atomic E-state index is 12.9. The van der Waals surface area contributed by atoms with Gasteiger partial charge in [0, 0.05) is 12.8 Å². The van der Waals surface area contributed by atoms with Crippen molar-refractivity contribution < 1.29 is 42.1 Å². The van der Waals surface area contributed by atoms with Gasteiger partial charge in [-0.15, -0.1) is 0 Å². The Labute approximate surface area is 630 Å². The molecule has 0 spiro atoms. The van der Waals surface area contributed by atoms with Gasteiger partial charge in [0.1, 0.15) is 19.8 Å². The normalized spacial score (nSPS) is 13.1. The number of likely N-dealkylation sites (N-methyl/N-ethyl adjacent to an activating group) is 1. The Bertz CT molecular complexity index is 1840. The molecule has 0 aliphatic rings. The zero-order valence-corrected chi connectivity index (χ0v) is 69.3. The highest BCUT2D eigenvalue weighted by Gasteiger charge is 2.22. The van der Waals surface area contributed by atoms with E-state index < -0.39 is 26.5 Å². The first-order valence-corrected chi connectivity index (χ1v) is 46.3. The molecule has 101 heavy (non-hydrogen) atoms. The van der Waals surface area contributed by atoms with Crippen molar-refractivity contribution in [1.82, 2.24) is 0 Å². The highest BCUT2D eigenvalue weighted by atomic mass is 31.2. The van der Waals surface area contributed by atoms with Gasteiger partial charge in [0.15, 0.2) is 6.10 Å². The van der Waals surface area contributed by atoms with Crippen LogP contribution in [0.4, 0.5) is 0 Å². The molecule has 0 aromatic heterocycles. The lowest BCUT2D eigenvalue weighted by atomic mass is 10.0. The summed E-state index contributed by atoms with van der Waals surface area (Å²) in [5.74, 6) is -0.803. The third-order valence-corrected chi connectivity index (χ3v) is 21.6. The molecule has 2 unspecified atom stereocenters. The summed E-state index contributed by atoms with van der Waals surface area (Å²) in [5, 5.41) is 0. The average Bonchev–Trinajstić information content (AvgIpc) is 1.02. The molecule has 10 heteroatoms. The Balaban J connectivity index is 3.83. The van der Waals surface area contributed by atoms with Crippen LogP contribution in [0.2, 0.25) is 0 Å². The summed E-state index contributed by atoms with van der Waals surface area (Å²) in [6, 6.07) is 0. The second-order valence-electron chi connectivity index (χ2n) is 31.9. The topological polar surface area (TPSA) is 111 Å². The number of carbonyl (C=O) groups excluding carboxylic acids is 2. The number of phosphoric acid groups is 1. The van der Waals surface area contributed by atoms with E-state index in [1.165, 1.54) is 379 Å². The van der Waals surface area contributed by atoms with Gasteiger partial charge in [0.2, 0.25) is 0 Å². The van der Waals surface area contributed by atoms with E-state index in [2.05, 4.69) is 62.5 Å². The van der Waals surface area contributed by atoms with Crippen molar-refractivity contribution in [1.29, 1.82) is 0 Å².